The lowest BCUT2D eigenvalue weighted by Crippen LogP contribution is -2.18. The van der Waals surface area contributed by atoms with Gasteiger partial charge in [-0.1, -0.05) is 20.4 Å². The molecule has 37 heavy (non-hydrogen) atoms. The van der Waals surface area contributed by atoms with E-state index >= 15 is 4.39 Å². The van der Waals surface area contributed by atoms with Gasteiger partial charge in [-0.2, -0.15) is 5.10 Å². The molecule has 8 nitrogen and oxygen atoms in total. The van der Waals surface area contributed by atoms with Crippen molar-refractivity contribution in [1.29, 1.82) is 0 Å². The van der Waals surface area contributed by atoms with Gasteiger partial charge in [-0.25, -0.2) is 9.37 Å². The molecule has 0 radical (unpaired) electrons. The number of likely N-dealkylation sites (N-methyl/N-ethyl adjacent to an activating group) is 1. The van der Waals surface area contributed by atoms with E-state index in [0.29, 0.717) is 40.7 Å². The highest BCUT2D eigenvalue weighted by Crippen LogP contribution is 2.40. The maximum Gasteiger partial charge on any atom is 0.247 e. The first-order valence-corrected chi connectivity index (χ1v) is 12.2. The van der Waals surface area contributed by atoms with Crippen molar-refractivity contribution in [2.75, 3.05) is 32.6 Å². The number of hydrogen-bond donors (Lipinski definition) is 2. The molecule has 0 atom stereocenters. The number of aromatic nitrogens is 4. The molecule has 0 unspecified atom stereocenters. The summed E-state index contributed by atoms with van der Waals surface area (Å²) in [7, 11) is 4.03. The van der Waals surface area contributed by atoms with Crippen molar-refractivity contribution in [3.63, 3.8) is 0 Å². The van der Waals surface area contributed by atoms with Crippen molar-refractivity contribution in [2.24, 2.45) is 5.92 Å². The Kier molecular flexibility index (Phi) is 7.73. The number of amides is 1. The number of halogens is 1. The molecule has 4 rings (SSSR count). The largest absolute Gasteiger partial charge is 0.492 e. The number of hydrogen-bond acceptors (Lipinski definition) is 5. The second-order valence-electron chi connectivity index (χ2n) is 9.77. The fourth-order valence-electron chi connectivity index (χ4n) is 3.96. The molecule has 0 saturated carbocycles. The smallest absolute Gasteiger partial charge is 0.247 e. The topological polar surface area (TPSA) is 88.1 Å². The van der Waals surface area contributed by atoms with Gasteiger partial charge in [0.25, 0.3) is 0 Å². The van der Waals surface area contributed by atoms with Crippen LogP contribution in [0, 0.1) is 18.7 Å². The predicted octanol–water partition coefficient (Wildman–Crippen LogP) is 5.26. The molecule has 0 fully saturated rings. The van der Waals surface area contributed by atoms with Crippen LogP contribution in [0.4, 0.5) is 10.1 Å². The van der Waals surface area contributed by atoms with E-state index in [1.165, 1.54) is 6.07 Å². The summed E-state index contributed by atoms with van der Waals surface area (Å²) < 4.78 is 23.0. The number of ether oxygens (including phenoxy) is 1. The first kappa shape index (κ1) is 26.1. The van der Waals surface area contributed by atoms with Gasteiger partial charge in [0, 0.05) is 40.5 Å². The van der Waals surface area contributed by atoms with E-state index in [1.807, 2.05) is 31.0 Å². The zero-order valence-corrected chi connectivity index (χ0v) is 21.9. The minimum Gasteiger partial charge on any atom is -0.492 e. The Morgan fingerprint density at radius 1 is 1.27 bits per heavy atom. The van der Waals surface area contributed by atoms with Crippen LogP contribution in [0.5, 0.6) is 5.75 Å². The van der Waals surface area contributed by atoms with Gasteiger partial charge in [0.15, 0.2) is 0 Å². The Labute approximate surface area is 216 Å². The molecule has 1 amide bonds. The van der Waals surface area contributed by atoms with Crippen molar-refractivity contribution < 1.29 is 13.9 Å². The summed E-state index contributed by atoms with van der Waals surface area (Å²) in [6.45, 7) is 11.4. The summed E-state index contributed by atoms with van der Waals surface area (Å²) in [4.78, 5) is 22.1. The Hall–Kier alpha value is -3.98. The number of benzene rings is 1. The van der Waals surface area contributed by atoms with Gasteiger partial charge < -0.3 is 19.9 Å². The van der Waals surface area contributed by atoms with Gasteiger partial charge in [0.05, 0.1) is 31.2 Å². The third kappa shape index (κ3) is 5.89. The molecular formula is C28H33FN6O2. The van der Waals surface area contributed by atoms with Crippen LogP contribution < -0.4 is 10.1 Å². The van der Waals surface area contributed by atoms with Gasteiger partial charge in [-0.05, 0) is 56.8 Å². The van der Waals surface area contributed by atoms with Gasteiger partial charge in [0.2, 0.25) is 5.91 Å². The Balaban J connectivity index is 1.89. The number of nitrogens with zero attached hydrogens (tertiary/aromatic N) is 4. The second-order valence-corrected chi connectivity index (χ2v) is 9.77. The van der Waals surface area contributed by atoms with Crippen molar-refractivity contribution in [3.8, 4) is 28.1 Å². The average Bonchev–Trinajstić information content (AvgIpc) is 3.48. The van der Waals surface area contributed by atoms with E-state index in [9.17, 15) is 4.79 Å². The van der Waals surface area contributed by atoms with Crippen LogP contribution in [-0.4, -0.2) is 57.8 Å². The van der Waals surface area contributed by atoms with Crippen LogP contribution in [0.15, 0.2) is 49.4 Å². The zero-order valence-electron chi connectivity index (χ0n) is 21.9. The molecule has 0 aliphatic rings. The quantitative estimate of drug-likeness (QED) is 0.288. The van der Waals surface area contributed by atoms with Crippen LogP contribution in [0.2, 0.25) is 0 Å². The average molecular weight is 505 g/mol. The Bertz CT molecular complexity index is 1440. The van der Waals surface area contributed by atoms with Crippen LogP contribution in [0.1, 0.15) is 19.4 Å². The maximum atomic E-state index is 15.1. The molecule has 9 heteroatoms. The summed E-state index contributed by atoms with van der Waals surface area (Å²) in [5.74, 6) is 0.139. The van der Waals surface area contributed by atoms with E-state index in [1.54, 1.807) is 25.4 Å². The number of nitrogens with one attached hydrogen (secondary N) is 2. The van der Waals surface area contributed by atoms with E-state index in [-0.39, 0.29) is 0 Å². The molecule has 0 bridgehead atoms. The van der Waals surface area contributed by atoms with Crippen molar-refractivity contribution in [1.82, 2.24) is 24.6 Å². The van der Waals surface area contributed by atoms with E-state index in [0.717, 1.165) is 41.4 Å². The Morgan fingerprint density at radius 3 is 2.76 bits per heavy atom. The molecule has 4 aromatic rings. The van der Waals surface area contributed by atoms with Crippen LogP contribution in [0.25, 0.3) is 33.4 Å². The van der Waals surface area contributed by atoms with Crippen molar-refractivity contribution in [2.45, 2.75) is 27.3 Å². The van der Waals surface area contributed by atoms with Crippen LogP contribution in [-0.2, 0) is 11.3 Å². The van der Waals surface area contributed by atoms with Gasteiger partial charge in [-0.3, -0.25) is 9.48 Å². The number of anilines is 1. The minimum atomic E-state index is -0.431. The summed E-state index contributed by atoms with van der Waals surface area (Å²) in [5, 5.41) is 8.01. The molecule has 194 valence electrons. The SMILES string of the molecule is C=CC(=O)Nc1cc(-c2c(-c3cnn(CCN(C)C)c3)[nH]c3ncc(OCC(C)C)cc23)cc(F)c1C. The molecule has 3 heterocycles. The molecule has 0 aliphatic heterocycles. The lowest BCUT2D eigenvalue weighted by atomic mass is 9.98. The Morgan fingerprint density at radius 2 is 2.05 bits per heavy atom. The van der Waals surface area contributed by atoms with Crippen molar-refractivity contribution in [3.05, 3.63) is 60.8 Å². The molecule has 1 aromatic carbocycles. The van der Waals surface area contributed by atoms with Gasteiger partial charge in [-0.15, -0.1) is 0 Å². The first-order valence-electron chi connectivity index (χ1n) is 12.2. The third-order valence-corrected chi connectivity index (χ3v) is 5.98. The molecular weight excluding hydrogens is 471 g/mol. The number of H-pyrrole nitrogens is 1. The van der Waals surface area contributed by atoms with Gasteiger partial charge >= 0.3 is 0 Å². The predicted molar refractivity (Wildman–Crippen MR) is 145 cm³/mol. The lowest BCUT2D eigenvalue weighted by Gasteiger charge is -2.12. The fourth-order valence-corrected chi connectivity index (χ4v) is 3.96. The molecule has 2 N–H and O–H groups in total. The third-order valence-electron chi connectivity index (χ3n) is 5.98. The van der Waals surface area contributed by atoms with Crippen LogP contribution in [0.3, 0.4) is 0 Å². The maximum absolute atomic E-state index is 15.1. The van der Waals surface area contributed by atoms with E-state index < -0.39 is 11.7 Å². The molecule has 0 aliphatic carbocycles. The molecule has 0 spiro atoms. The number of aromatic amines is 1. The van der Waals surface area contributed by atoms with E-state index in [4.69, 9.17) is 4.74 Å². The zero-order chi connectivity index (χ0) is 26.7. The monoisotopic (exact) mass is 504 g/mol. The number of carbonyl (C=O) groups excluding carboxylic acids is 1. The van der Waals surface area contributed by atoms with Gasteiger partial charge in [0.1, 0.15) is 17.2 Å². The highest BCUT2D eigenvalue weighted by Gasteiger charge is 2.21. The summed E-state index contributed by atoms with van der Waals surface area (Å²) in [6.07, 6.45) is 6.58. The second kappa shape index (κ2) is 11.0. The normalized spacial score (nSPS) is 11.5. The number of pyridine rings is 1. The molecule has 3 aromatic heterocycles. The number of fused-ring (bicyclic) bond motifs is 1. The van der Waals surface area contributed by atoms with E-state index in [2.05, 4.69) is 45.7 Å². The summed E-state index contributed by atoms with van der Waals surface area (Å²) in [6, 6.07) is 5.16. The lowest BCUT2D eigenvalue weighted by molar-refractivity contribution is -0.111. The highest BCUT2D eigenvalue weighted by atomic mass is 19.1. The number of carbonyl (C=O) groups is 1. The summed E-state index contributed by atoms with van der Waals surface area (Å²) >= 11 is 0. The standard InChI is InChI=1S/C28H33FN6O2/c1-7-25(36)32-24-11-19(10-23(29)18(24)4)26-22-12-21(37-16-17(2)3)14-30-28(22)33-27(26)20-13-31-35(15-20)9-8-34(5)6/h7,10-15,17H,1,8-9,16H2,2-6H3,(H,30,33)(H,32,36). The van der Waals surface area contributed by atoms with Crippen LogP contribution >= 0.6 is 0 Å². The highest BCUT2D eigenvalue weighted by molar-refractivity contribution is 6.04. The fraction of sp³-hybridized carbons (Fsp3) is 0.321. The number of rotatable bonds is 10. The molecule has 0 saturated heterocycles. The summed E-state index contributed by atoms with van der Waals surface area (Å²) in [5.41, 5.74) is 4.29. The first-order chi connectivity index (χ1) is 17.7. The van der Waals surface area contributed by atoms with Crippen molar-refractivity contribution >= 4 is 22.6 Å². The minimum absolute atomic E-state index is 0.343.